The number of hydrogen-bond donors (Lipinski definition) is 1. The quantitative estimate of drug-likeness (QED) is 0.121. The van der Waals surface area contributed by atoms with Crippen LogP contribution >= 0.6 is 46.7 Å². The van der Waals surface area contributed by atoms with E-state index in [2.05, 4.69) is 38.2 Å². The molecule has 6 heterocycles. The fourth-order valence-corrected chi connectivity index (χ4v) is 8.93. The first kappa shape index (κ1) is 40.5. The van der Waals surface area contributed by atoms with Crippen LogP contribution in [0, 0.1) is 0 Å². The third-order valence-electron chi connectivity index (χ3n) is 10.1. The summed E-state index contributed by atoms with van der Waals surface area (Å²) in [6, 6.07) is 35.2. The fourth-order valence-electron chi connectivity index (χ4n) is 6.72. The summed E-state index contributed by atoms with van der Waals surface area (Å²) in [5.41, 5.74) is 5.27. The summed E-state index contributed by atoms with van der Waals surface area (Å²) in [7, 11) is 4.00. The van der Waals surface area contributed by atoms with Crippen LogP contribution in [0.15, 0.2) is 154 Å². The molecule has 0 aliphatic rings. The topological polar surface area (TPSA) is 107 Å². The van der Waals surface area contributed by atoms with Crippen LogP contribution in [0.4, 0.5) is 0 Å². The monoisotopic (exact) mass is 854 g/mol. The van der Waals surface area contributed by atoms with Gasteiger partial charge < -0.3 is 14.2 Å². The maximum atomic E-state index is 11.7. The molecule has 0 bridgehead atoms. The lowest BCUT2D eigenvalue weighted by atomic mass is 9.89. The molecule has 59 heavy (non-hydrogen) atoms. The second-order valence-corrected chi connectivity index (χ2v) is 17.5. The second-order valence-electron chi connectivity index (χ2n) is 14.5. The normalized spacial score (nSPS) is 13.0. The first-order valence-electron chi connectivity index (χ1n) is 19.0. The molecule has 0 amide bonds. The Hall–Kier alpha value is -5.30. The summed E-state index contributed by atoms with van der Waals surface area (Å²) in [5.74, 6) is 1.59. The average Bonchev–Trinajstić information content (AvgIpc) is 3.77. The Balaban J connectivity index is 0.991. The molecule has 0 spiro atoms. The lowest BCUT2D eigenvalue weighted by Crippen LogP contribution is -2.23. The van der Waals surface area contributed by atoms with E-state index in [1.54, 1.807) is 42.1 Å². The van der Waals surface area contributed by atoms with Crippen molar-refractivity contribution in [2.45, 2.75) is 58.1 Å². The van der Waals surface area contributed by atoms with Crippen molar-refractivity contribution < 1.29 is 5.11 Å². The molecule has 0 radical (unpaired) electrons. The minimum Gasteiger partial charge on any atom is -0.384 e. The van der Waals surface area contributed by atoms with Crippen LogP contribution in [0.3, 0.4) is 0 Å². The number of pyridine rings is 4. The van der Waals surface area contributed by atoms with Crippen molar-refractivity contribution in [3.05, 3.63) is 155 Å². The van der Waals surface area contributed by atoms with Crippen molar-refractivity contribution in [2.75, 3.05) is 0 Å². The zero-order chi connectivity index (χ0) is 41.1. The van der Waals surface area contributed by atoms with Crippen LogP contribution in [0.25, 0.3) is 45.6 Å². The van der Waals surface area contributed by atoms with Crippen molar-refractivity contribution in [3.8, 4) is 45.6 Å². The molecule has 296 valence electrons. The molecule has 2 unspecified atom stereocenters. The van der Waals surface area contributed by atoms with Crippen molar-refractivity contribution >= 4 is 46.7 Å². The average molecular weight is 856 g/mol. The summed E-state index contributed by atoms with van der Waals surface area (Å²) in [6.45, 7) is 3.96. The van der Waals surface area contributed by atoms with Crippen molar-refractivity contribution in [3.63, 3.8) is 0 Å². The highest BCUT2D eigenvalue weighted by Gasteiger charge is 2.27. The van der Waals surface area contributed by atoms with Gasteiger partial charge in [0.15, 0.2) is 11.6 Å². The van der Waals surface area contributed by atoms with Gasteiger partial charge in [-0.25, -0.2) is 9.97 Å². The van der Waals surface area contributed by atoms with E-state index in [9.17, 15) is 5.11 Å². The standard InChI is InChI=1S/C46H40Cl2N8OS2/c1-29(36-21-11-30(27-51-36)40-44(58-34-17-13-32(47)14-18-34)55(3)42(53-40)37-9-5-7-25-49-37)23-24-46(2,57)39-22-12-31(28-52-39)41-45(59-35-19-15-33(48)16-20-35)56(4)43(54-41)38-10-6-8-26-50-38/h5-22,25-29,57H,23-24H2,1-4H3. The molecule has 0 aliphatic carbocycles. The highest BCUT2D eigenvalue weighted by Crippen LogP contribution is 2.41. The van der Waals surface area contributed by atoms with Crippen LogP contribution in [0.2, 0.25) is 10.0 Å². The van der Waals surface area contributed by atoms with Crippen molar-refractivity contribution in [1.82, 2.24) is 39.0 Å². The molecule has 2 atom stereocenters. The van der Waals surface area contributed by atoms with Gasteiger partial charge in [-0.1, -0.05) is 65.8 Å². The Kier molecular flexibility index (Phi) is 12.0. The van der Waals surface area contributed by atoms with Gasteiger partial charge >= 0.3 is 0 Å². The number of rotatable bonds is 13. The molecule has 0 saturated carbocycles. The van der Waals surface area contributed by atoms with Gasteiger partial charge in [0.2, 0.25) is 0 Å². The molecule has 8 rings (SSSR count). The molecule has 2 aromatic carbocycles. The fraction of sp³-hybridized carbons (Fsp3) is 0.174. The number of benzene rings is 2. The van der Waals surface area contributed by atoms with E-state index >= 15 is 0 Å². The van der Waals surface area contributed by atoms with E-state index in [0.717, 1.165) is 71.1 Å². The first-order chi connectivity index (χ1) is 28.5. The molecule has 8 aromatic rings. The molecule has 0 aliphatic heterocycles. The zero-order valence-corrected chi connectivity index (χ0v) is 35.9. The van der Waals surface area contributed by atoms with Crippen LogP contribution in [0.1, 0.15) is 44.0 Å². The van der Waals surface area contributed by atoms with Gasteiger partial charge in [0.25, 0.3) is 0 Å². The van der Waals surface area contributed by atoms with Gasteiger partial charge in [0.05, 0.1) is 5.69 Å². The summed E-state index contributed by atoms with van der Waals surface area (Å²) in [5, 5.41) is 15.0. The smallest absolute Gasteiger partial charge is 0.159 e. The molecule has 6 aromatic heterocycles. The van der Waals surface area contributed by atoms with E-state index < -0.39 is 5.60 Å². The highest BCUT2D eigenvalue weighted by atomic mass is 35.5. The van der Waals surface area contributed by atoms with Crippen LogP contribution in [-0.4, -0.2) is 44.1 Å². The lowest BCUT2D eigenvalue weighted by molar-refractivity contribution is 0.0394. The largest absolute Gasteiger partial charge is 0.384 e. The van der Waals surface area contributed by atoms with Crippen LogP contribution in [0.5, 0.6) is 0 Å². The molecule has 1 N–H and O–H groups in total. The second kappa shape index (κ2) is 17.5. The van der Waals surface area contributed by atoms with Crippen molar-refractivity contribution in [1.29, 1.82) is 0 Å². The first-order valence-corrected chi connectivity index (χ1v) is 21.4. The number of aromatic nitrogens is 8. The number of imidazole rings is 2. The summed E-state index contributed by atoms with van der Waals surface area (Å²) in [4.78, 5) is 31.0. The molecule has 13 heteroatoms. The Morgan fingerprint density at radius 1 is 0.627 bits per heavy atom. The van der Waals surface area contributed by atoms with Crippen LogP contribution in [-0.2, 0) is 19.7 Å². The van der Waals surface area contributed by atoms with E-state index in [0.29, 0.717) is 28.6 Å². The number of hydrogen-bond acceptors (Lipinski definition) is 9. The Morgan fingerprint density at radius 2 is 1.12 bits per heavy atom. The Labute approximate surface area is 362 Å². The summed E-state index contributed by atoms with van der Waals surface area (Å²) < 4.78 is 4.13. The van der Waals surface area contributed by atoms with Gasteiger partial charge in [-0.2, -0.15) is 0 Å². The summed E-state index contributed by atoms with van der Waals surface area (Å²) in [6.07, 6.45) is 8.41. The predicted octanol–water partition coefficient (Wildman–Crippen LogP) is 11.8. The predicted molar refractivity (Wildman–Crippen MR) is 238 cm³/mol. The molecular weight excluding hydrogens is 816 g/mol. The number of nitrogens with zero attached hydrogens (tertiary/aromatic N) is 8. The Bertz CT molecular complexity index is 2670. The third-order valence-corrected chi connectivity index (χ3v) is 13.0. The van der Waals surface area contributed by atoms with E-state index in [1.165, 1.54) is 0 Å². The maximum Gasteiger partial charge on any atom is 0.159 e. The van der Waals surface area contributed by atoms with Crippen molar-refractivity contribution in [2.24, 2.45) is 14.1 Å². The van der Waals surface area contributed by atoms with E-state index in [-0.39, 0.29) is 5.92 Å². The SMILES string of the molecule is CC(CCC(C)(O)c1ccc(-c2nc(-c3ccccn3)n(C)c2Sc2ccc(Cl)cc2)cn1)c1ccc(-c2nc(-c3ccccn3)n(C)c2Sc2ccc(Cl)cc2)cn1. The minimum absolute atomic E-state index is 0.0801. The van der Waals surface area contributed by atoms with E-state index in [4.69, 9.17) is 43.1 Å². The summed E-state index contributed by atoms with van der Waals surface area (Å²) >= 11 is 15.6. The zero-order valence-electron chi connectivity index (χ0n) is 32.8. The molecule has 9 nitrogen and oxygen atoms in total. The van der Waals surface area contributed by atoms with Gasteiger partial charge in [-0.3, -0.25) is 19.9 Å². The van der Waals surface area contributed by atoms with Gasteiger partial charge in [0.1, 0.15) is 38.4 Å². The number of aliphatic hydroxyl groups is 1. The molecule has 0 saturated heterocycles. The van der Waals surface area contributed by atoms with Gasteiger partial charge in [0, 0.05) is 75.5 Å². The molecular formula is C46H40Cl2N8OS2. The number of halogens is 2. The third kappa shape index (κ3) is 9.00. The van der Waals surface area contributed by atoms with Gasteiger partial charge in [-0.15, -0.1) is 0 Å². The Morgan fingerprint density at radius 3 is 1.54 bits per heavy atom. The van der Waals surface area contributed by atoms with E-state index in [1.807, 2.05) is 124 Å². The lowest BCUT2D eigenvalue weighted by Gasteiger charge is -2.24. The minimum atomic E-state index is -1.17. The van der Waals surface area contributed by atoms with Gasteiger partial charge in [-0.05, 0) is 123 Å². The maximum absolute atomic E-state index is 11.7. The molecule has 0 fully saturated rings. The van der Waals surface area contributed by atoms with Crippen LogP contribution < -0.4 is 0 Å². The highest BCUT2D eigenvalue weighted by molar-refractivity contribution is 7.99.